The van der Waals surface area contributed by atoms with Gasteiger partial charge in [0.2, 0.25) is 0 Å². The first-order valence-electron chi connectivity index (χ1n) is 11.3. The van der Waals surface area contributed by atoms with Gasteiger partial charge in [0, 0.05) is 51.5 Å². The molecule has 0 unspecified atom stereocenters. The minimum absolute atomic E-state index is 0.0632. The number of rotatable bonds is 5. The Morgan fingerprint density at radius 2 is 1.91 bits per heavy atom. The Bertz CT molecular complexity index is 1180. The largest absolute Gasteiger partial charge is 0.352 e. The fourth-order valence-corrected chi connectivity index (χ4v) is 4.61. The van der Waals surface area contributed by atoms with E-state index in [0.29, 0.717) is 37.0 Å². The van der Waals surface area contributed by atoms with Crippen molar-refractivity contribution in [3.8, 4) is 0 Å². The van der Waals surface area contributed by atoms with Crippen molar-refractivity contribution in [2.75, 3.05) is 19.6 Å². The number of fused-ring (bicyclic) bond motifs is 1. The first kappa shape index (κ1) is 20.7. The molecule has 2 fully saturated rings. The zero-order valence-electron chi connectivity index (χ0n) is 18.8. The summed E-state index contributed by atoms with van der Waals surface area (Å²) in [6.45, 7) is 3.93. The van der Waals surface area contributed by atoms with E-state index in [1.807, 2.05) is 24.9 Å². The van der Waals surface area contributed by atoms with E-state index in [1.165, 1.54) is 0 Å². The molecule has 5 rings (SSSR count). The number of aryl methyl sites for hydroxylation is 3. The highest BCUT2D eigenvalue weighted by molar-refractivity contribution is 6.06. The number of nitrogens with one attached hydrogen (secondary N) is 1. The molecule has 3 aromatic rings. The molecular formula is C23H29N7O2. The van der Waals surface area contributed by atoms with Crippen LogP contribution in [0.4, 0.5) is 0 Å². The Labute approximate surface area is 186 Å². The van der Waals surface area contributed by atoms with Crippen molar-refractivity contribution in [2.24, 2.45) is 20.0 Å². The number of hydrogen-bond acceptors (Lipinski definition) is 5. The second-order valence-corrected chi connectivity index (χ2v) is 9.12. The quantitative estimate of drug-likeness (QED) is 0.662. The van der Waals surface area contributed by atoms with E-state index in [4.69, 9.17) is 4.98 Å². The number of amides is 2. The first-order chi connectivity index (χ1) is 15.4. The van der Waals surface area contributed by atoms with Crippen LogP contribution in [0.5, 0.6) is 0 Å². The van der Waals surface area contributed by atoms with Crippen LogP contribution < -0.4 is 5.32 Å². The van der Waals surface area contributed by atoms with E-state index in [2.05, 4.69) is 15.5 Å². The van der Waals surface area contributed by atoms with Gasteiger partial charge in [0.1, 0.15) is 0 Å². The summed E-state index contributed by atoms with van der Waals surface area (Å²) in [5, 5.41) is 12.4. The topological polar surface area (TPSA) is 97.9 Å². The zero-order chi connectivity index (χ0) is 22.4. The molecule has 32 heavy (non-hydrogen) atoms. The minimum Gasteiger partial charge on any atom is -0.352 e. The number of pyridine rings is 1. The molecule has 2 aliphatic rings. The van der Waals surface area contributed by atoms with E-state index in [-0.39, 0.29) is 11.8 Å². The van der Waals surface area contributed by atoms with E-state index in [9.17, 15) is 9.59 Å². The van der Waals surface area contributed by atoms with Crippen molar-refractivity contribution in [3.63, 3.8) is 0 Å². The molecule has 0 bridgehead atoms. The summed E-state index contributed by atoms with van der Waals surface area (Å²) >= 11 is 0. The number of carbonyl (C=O) groups excluding carboxylic acids is 2. The summed E-state index contributed by atoms with van der Waals surface area (Å²) in [6, 6.07) is 2.00. The monoisotopic (exact) mass is 435 g/mol. The van der Waals surface area contributed by atoms with Gasteiger partial charge in [-0.3, -0.25) is 19.0 Å². The minimum atomic E-state index is -0.101. The van der Waals surface area contributed by atoms with Crippen LogP contribution >= 0.6 is 0 Å². The number of aromatic nitrogens is 5. The SMILES string of the molecule is Cc1nn(C)c2nc(C3CC3)cc(C(=O)N3CCC(CNC(=O)c4cnn(C)c4)CC3)c12. The third kappa shape index (κ3) is 3.87. The second-order valence-electron chi connectivity index (χ2n) is 9.12. The van der Waals surface area contributed by atoms with E-state index in [0.717, 1.165) is 53.7 Å². The highest BCUT2D eigenvalue weighted by atomic mass is 16.2. The van der Waals surface area contributed by atoms with Gasteiger partial charge in [-0.05, 0) is 44.6 Å². The fourth-order valence-electron chi connectivity index (χ4n) is 4.61. The molecule has 0 spiro atoms. The van der Waals surface area contributed by atoms with Crippen LogP contribution in [-0.2, 0) is 14.1 Å². The summed E-state index contributed by atoms with van der Waals surface area (Å²) in [7, 11) is 3.68. The summed E-state index contributed by atoms with van der Waals surface area (Å²) in [5.41, 5.74) is 3.94. The molecule has 1 aliphatic heterocycles. The lowest BCUT2D eigenvalue weighted by Gasteiger charge is -2.32. The van der Waals surface area contributed by atoms with Crippen LogP contribution in [0.2, 0.25) is 0 Å². The van der Waals surface area contributed by atoms with Gasteiger partial charge < -0.3 is 10.2 Å². The Balaban J connectivity index is 1.26. The predicted molar refractivity (Wildman–Crippen MR) is 119 cm³/mol. The molecule has 0 atom stereocenters. The lowest BCUT2D eigenvalue weighted by atomic mass is 9.95. The Kier molecular flexibility index (Phi) is 5.19. The molecule has 1 aliphatic carbocycles. The molecule has 2 amide bonds. The van der Waals surface area contributed by atoms with Crippen LogP contribution in [-0.4, -0.2) is 60.9 Å². The van der Waals surface area contributed by atoms with Crippen LogP contribution in [0.15, 0.2) is 18.5 Å². The number of hydrogen-bond donors (Lipinski definition) is 1. The smallest absolute Gasteiger partial charge is 0.254 e. The Morgan fingerprint density at radius 1 is 1.16 bits per heavy atom. The average molecular weight is 436 g/mol. The van der Waals surface area contributed by atoms with E-state index >= 15 is 0 Å². The maximum Gasteiger partial charge on any atom is 0.254 e. The summed E-state index contributed by atoms with van der Waals surface area (Å²) in [6.07, 6.45) is 7.30. The normalized spacial score (nSPS) is 17.2. The molecule has 1 saturated carbocycles. The molecular weight excluding hydrogens is 406 g/mol. The van der Waals surface area contributed by atoms with Crippen LogP contribution in [0.25, 0.3) is 11.0 Å². The summed E-state index contributed by atoms with van der Waals surface area (Å²) in [4.78, 5) is 32.5. The van der Waals surface area contributed by atoms with Gasteiger partial charge in [-0.1, -0.05) is 0 Å². The third-order valence-corrected chi connectivity index (χ3v) is 6.63. The third-order valence-electron chi connectivity index (χ3n) is 6.63. The lowest BCUT2D eigenvalue weighted by Crippen LogP contribution is -2.41. The molecule has 0 aromatic carbocycles. The summed E-state index contributed by atoms with van der Waals surface area (Å²) in [5.74, 6) is 0.790. The van der Waals surface area contributed by atoms with Crippen LogP contribution in [0.1, 0.15) is 63.7 Å². The van der Waals surface area contributed by atoms with Crippen molar-refractivity contribution in [3.05, 3.63) is 41.0 Å². The first-order valence-corrected chi connectivity index (χ1v) is 11.3. The highest BCUT2D eigenvalue weighted by Crippen LogP contribution is 2.40. The molecule has 0 radical (unpaired) electrons. The Hall–Kier alpha value is -3.23. The van der Waals surface area contributed by atoms with Gasteiger partial charge in [-0.15, -0.1) is 0 Å². The van der Waals surface area contributed by atoms with Gasteiger partial charge in [-0.2, -0.15) is 10.2 Å². The van der Waals surface area contributed by atoms with Crippen molar-refractivity contribution in [2.45, 2.75) is 38.5 Å². The second kappa shape index (κ2) is 8.03. The van der Waals surface area contributed by atoms with Gasteiger partial charge in [0.25, 0.3) is 11.8 Å². The summed E-state index contributed by atoms with van der Waals surface area (Å²) < 4.78 is 3.40. The van der Waals surface area contributed by atoms with Crippen molar-refractivity contribution >= 4 is 22.8 Å². The average Bonchev–Trinajstić information content (AvgIpc) is 3.49. The molecule has 9 heteroatoms. The zero-order valence-corrected chi connectivity index (χ0v) is 18.8. The van der Waals surface area contributed by atoms with Crippen molar-refractivity contribution in [1.29, 1.82) is 0 Å². The van der Waals surface area contributed by atoms with Crippen molar-refractivity contribution < 1.29 is 9.59 Å². The standard InChI is InChI=1S/C23H29N7O2/c1-14-20-18(10-19(16-4-5-16)26-21(20)29(3)27-14)23(32)30-8-6-15(7-9-30)11-24-22(31)17-12-25-28(2)13-17/h10,12-13,15-16H,4-9,11H2,1-3H3,(H,24,31). The lowest BCUT2D eigenvalue weighted by molar-refractivity contribution is 0.0686. The molecule has 168 valence electrons. The molecule has 3 aromatic heterocycles. The number of nitrogens with zero attached hydrogens (tertiary/aromatic N) is 6. The maximum absolute atomic E-state index is 13.5. The number of piperidine rings is 1. The van der Waals surface area contributed by atoms with Crippen LogP contribution in [0, 0.1) is 12.8 Å². The van der Waals surface area contributed by atoms with Crippen molar-refractivity contribution in [1.82, 2.24) is 34.8 Å². The van der Waals surface area contributed by atoms with Gasteiger partial charge in [0.05, 0.1) is 28.4 Å². The number of carbonyl (C=O) groups is 2. The highest BCUT2D eigenvalue weighted by Gasteiger charge is 2.31. The van der Waals surface area contributed by atoms with E-state index < -0.39 is 0 Å². The van der Waals surface area contributed by atoms with E-state index in [1.54, 1.807) is 28.8 Å². The molecule has 4 heterocycles. The maximum atomic E-state index is 13.5. The molecule has 9 nitrogen and oxygen atoms in total. The van der Waals surface area contributed by atoms with Gasteiger partial charge in [0.15, 0.2) is 5.65 Å². The van der Waals surface area contributed by atoms with Crippen LogP contribution in [0.3, 0.4) is 0 Å². The number of likely N-dealkylation sites (tertiary alicyclic amines) is 1. The molecule has 1 saturated heterocycles. The Morgan fingerprint density at radius 3 is 2.56 bits per heavy atom. The van der Waals surface area contributed by atoms with Gasteiger partial charge >= 0.3 is 0 Å². The fraction of sp³-hybridized carbons (Fsp3) is 0.522. The predicted octanol–water partition coefficient (Wildman–Crippen LogP) is 2.17. The molecule has 1 N–H and O–H groups in total. The van der Waals surface area contributed by atoms with Gasteiger partial charge in [-0.25, -0.2) is 4.98 Å².